The molecule has 5 nitrogen and oxygen atoms in total. The average molecular weight is 282 g/mol. The van der Waals surface area contributed by atoms with Crippen LogP contribution in [-0.2, 0) is 0 Å². The Balaban J connectivity index is 2.07. The maximum Gasteiger partial charge on any atom is 0.275 e. The number of carbonyl (C=O) groups is 1. The van der Waals surface area contributed by atoms with Crippen molar-refractivity contribution in [1.29, 1.82) is 0 Å². The number of rotatable bonds is 5. The molecule has 0 atom stereocenters. The van der Waals surface area contributed by atoms with Gasteiger partial charge in [0.2, 0.25) is 0 Å². The smallest absolute Gasteiger partial charge is 0.275 e. The molecule has 0 bridgehead atoms. The average Bonchev–Trinajstić information content (AvgIpc) is 2.44. The Kier molecular flexibility index (Phi) is 4.66. The van der Waals surface area contributed by atoms with Gasteiger partial charge in [-0.1, -0.05) is 12.1 Å². The van der Waals surface area contributed by atoms with Gasteiger partial charge >= 0.3 is 0 Å². The molecule has 2 rings (SSSR count). The van der Waals surface area contributed by atoms with Crippen LogP contribution in [0.25, 0.3) is 0 Å². The molecule has 108 valence electrons. The van der Waals surface area contributed by atoms with Gasteiger partial charge in [-0.25, -0.2) is 9.97 Å². The summed E-state index contributed by atoms with van der Waals surface area (Å²) in [6.07, 6.45) is 4.70. The maximum atomic E-state index is 12.1. The Morgan fingerprint density at radius 3 is 2.48 bits per heavy atom. The lowest BCUT2D eigenvalue weighted by atomic mass is 10.1. The first-order valence-corrected chi connectivity index (χ1v) is 6.65. The third-order valence-electron chi connectivity index (χ3n) is 2.79. The first-order chi connectivity index (χ1) is 10.1. The zero-order chi connectivity index (χ0) is 15.2. The number of nitrogens with one attached hydrogen (secondary N) is 2. The molecule has 0 spiro atoms. The molecule has 0 radical (unpaired) electrons. The number of carbonyl (C=O) groups excluding carboxylic acids is 1. The number of anilines is 2. The van der Waals surface area contributed by atoms with Crippen LogP contribution in [0.2, 0.25) is 0 Å². The van der Waals surface area contributed by atoms with E-state index in [-0.39, 0.29) is 11.6 Å². The molecule has 1 amide bonds. The maximum absolute atomic E-state index is 12.1. The van der Waals surface area contributed by atoms with Crippen LogP contribution in [0.4, 0.5) is 11.5 Å². The fourth-order valence-corrected chi connectivity index (χ4v) is 1.96. The van der Waals surface area contributed by atoms with Crippen molar-refractivity contribution in [2.75, 3.05) is 17.2 Å². The van der Waals surface area contributed by atoms with Crippen molar-refractivity contribution >= 4 is 17.4 Å². The minimum absolute atomic E-state index is 0.275. The fourth-order valence-electron chi connectivity index (χ4n) is 1.96. The summed E-state index contributed by atoms with van der Waals surface area (Å²) in [7, 11) is 0. The van der Waals surface area contributed by atoms with E-state index in [9.17, 15) is 4.79 Å². The number of nitrogens with zero attached hydrogens (tertiary/aromatic N) is 2. The minimum atomic E-state index is -0.275. The van der Waals surface area contributed by atoms with Gasteiger partial charge in [-0.15, -0.1) is 6.58 Å². The summed E-state index contributed by atoms with van der Waals surface area (Å²) in [4.78, 5) is 20.3. The zero-order valence-electron chi connectivity index (χ0n) is 12.2. The van der Waals surface area contributed by atoms with E-state index in [1.165, 1.54) is 12.4 Å². The number of benzene rings is 1. The lowest BCUT2D eigenvalue weighted by Crippen LogP contribution is -2.14. The third kappa shape index (κ3) is 4.14. The van der Waals surface area contributed by atoms with E-state index in [0.29, 0.717) is 12.4 Å². The molecule has 5 heteroatoms. The van der Waals surface area contributed by atoms with Crippen molar-refractivity contribution < 1.29 is 4.79 Å². The summed E-state index contributed by atoms with van der Waals surface area (Å²) >= 11 is 0. The molecular formula is C16H18N4O. The van der Waals surface area contributed by atoms with E-state index in [4.69, 9.17) is 0 Å². The van der Waals surface area contributed by atoms with Crippen molar-refractivity contribution in [3.8, 4) is 0 Å². The van der Waals surface area contributed by atoms with Gasteiger partial charge in [0.1, 0.15) is 11.5 Å². The van der Waals surface area contributed by atoms with Crippen LogP contribution in [0.3, 0.4) is 0 Å². The molecule has 0 aliphatic carbocycles. The highest BCUT2D eigenvalue weighted by atomic mass is 16.1. The monoisotopic (exact) mass is 282 g/mol. The summed E-state index contributed by atoms with van der Waals surface area (Å²) in [6.45, 7) is 8.18. The van der Waals surface area contributed by atoms with Crippen LogP contribution in [-0.4, -0.2) is 22.4 Å². The molecule has 1 aromatic heterocycles. The van der Waals surface area contributed by atoms with Gasteiger partial charge in [-0.3, -0.25) is 4.79 Å². The fraction of sp³-hybridized carbons (Fsp3) is 0.188. The highest BCUT2D eigenvalue weighted by Crippen LogP contribution is 2.14. The van der Waals surface area contributed by atoms with Crippen LogP contribution < -0.4 is 10.6 Å². The number of aryl methyl sites for hydroxylation is 2. The van der Waals surface area contributed by atoms with Gasteiger partial charge in [-0.05, 0) is 37.1 Å². The molecule has 0 saturated heterocycles. The largest absolute Gasteiger partial charge is 0.365 e. The Morgan fingerprint density at radius 1 is 1.19 bits per heavy atom. The molecule has 0 aliphatic rings. The first kappa shape index (κ1) is 14.7. The van der Waals surface area contributed by atoms with Crippen LogP contribution in [0, 0.1) is 13.8 Å². The molecule has 21 heavy (non-hydrogen) atoms. The first-order valence-electron chi connectivity index (χ1n) is 6.65. The second-order valence-electron chi connectivity index (χ2n) is 4.79. The summed E-state index contributed by atoms with van der Waals surface area (Å²) in [5.41, 5.74) is 3.23. The SMILES string of the molecule is C=CCNc1cnc(C(=O)Nc2cc(C)cc(C)c2)cn1. The summed E-state index contributed by atoms with van der Waals surface area (Å²) in [5.74, 6) is 0.334. The Labute approximate surface area is 124 Å². The molecule has 0 unspecified atom stereocenters. The van der Waals surface area contributed by atoms with Crippen molar-refractivity contribution in [3.63, 3.8) is 0 Å². The second-order valence-corrected chi connectivity index (χ2v) is 4.79. The zero-order valence-corrected chi connectivity index (χ0v) is 12.2. The van der Waals surface area contributed by atoms with Gasteiger partial charge in [0.15, 0.2) is 0 Å². The van der Waals surface area contributed by atoms with Crippen molar-refractivity contribution in [1.82, 2.24) is 9.97 Å². The van der Waals surface area contributed by atoms with Gasteiger partial charge in [0.05, 0.1) is 12.4 Å². The number of hydrogen-bond acceptors (Lipinski definition) is 4. The van der Waals surface area contributed by atoms with Gasteiger partial charge in [-0.2, -0.15) is 0 Å². The highest BCUT2D eigenvalue weighted by molar-refractivity contribution is 6.02. The molecule has 1 aromatic carbocycles. The van der Waals surface area contributed by atoms with Crippen LogP contribution in [0.15, 0.2) is 43.2 Å². The highest BCUT2D eigenvalue weighted by Gasteiger charge is 2.09. The second kappa shape index (κ2) is 6.65. The molecular weight excluding hydrogens is 264 g/mol. The van der Waals surface area contributed by atoms with Crippen LogP contribution in [0.1, 0.15) is 21.6 Å². The minimum Gasteiger partial charge on any atom is -0.365 e. The van der Waals surface area contributed by atoms with E-state index in [1.807, 2.05) is 26.0 Å². The van der Waals surface area contributed by atoms with Crippen molar-refractivity contribution in [2.45, 2.75) is 13.8 Å². The number of amides is 1. The van der Waals surface area contributed by atoms with Crippen LogP contribution in [0.5, 0.6) is 0 Å². The predicted octanol–water partition coefficient (Wildman–Crippen LogP) is 2.94. The predicted molar refractivity (Wildman–Crippen MR) is 84.6 cm³/mol. The van der Waals surface area contributed by atoms with Crippen molar-refractivity contribution in [2.24, 2.45) is 0 Å². The summed E-state index contributed by atoms with van der Waals surface area (Å²) in [5, 5.41) is 5.83. The van der Waals surface area contributed by atoms with Gasteiger partial charge in [0.25, 0.3) is 5.91 Å². The Hall–Kier alpha value is -2.69. The molecule has 1 heterocycles. The van der Waals surface area contributed by atoms with Crippen molar-refractivity contribution in [3.05, 3.63) is 60.1 Å². The van der Waals surface area contributed by atoms with Gasteiger partial charge in [0, 0.05) is 12.2 Å². The van der Waals surface area contributed by atoms with E-state index in [0.717, 1.165) is 16.8 Å². The number of aromatic nitrogens is 2. The number of hydrogen-bond donors (Lipinski definition) is 2. The topological polar surface area (TPSA) is 66.9 Å². The quantitative estimate of drug-likeness (QED) is 0.827. The van der Waals surface area contributed by atoms with E-state index < -0.39 is 0 Å². The lowest BCUT2D eigenvalue weighted by Gasteiger charge is -2.07. The summed E-state index contributed by atoms with van der Waals surface area (Å²) < 4.78 is 0. The van der Waals surface area contributed by atoms with E-state index in [1.54, 1.807) is 6.08 Å². The Bertz CT molecular complexity index is 630. The van der Waals surface area contributed by atoms with E-state index >= 15 is 0 Å². The molecule has 0 fully saturated rings. The lowest BCUT2D eigenvalue weighted by molar-refractivity contribution is 0.102. The van der Waals surface area contributed by atoms with E-state index in [2.05, 4.69) is 33.2 Å². The third-order valence-corrected chi connectivity index (χ3v) is 2.79. The normalized spacial score (nSPS) is 10.0. The standard InChI is InChI=1S/C16H18N4O/c1-4-5-17-15-10-18-14(9-19-15)16(21)20-13-7-11(2)6-12(3)8-13/h4,6-10H,1,5H2,2-3H3,(H,17,19)(H,20,21). The van der Waals surface area contributed by atoms with Crippen LogP contribution >= 0.6 is 0 Å². The molecule has 0 saturated carbocycles. The Morgan fingerprint density at radius 2 is 1.90 bits per heavy atom. The molecule has 2 N–H and O–H groups in total. The molecule has 0 aliphatic heterocycles. The van der Waals surface area contributed by atoms with Gasteiger partial charge < -0.3 is 10.6 Å². The molecule has 2 aromatic rings. The summed E-state index contributed by atoms with van der Waals surface area (Å²) in [6, 6.07) is 5.88.